The molecule has 0 spiro atoms. The summed E-state index contributed by atoms with van der Waals surface area (Å²) >= 11 is 0. The lowest BCUT2D eigenvalue weighted by Gasteiger charge is -2.36. The Hall–Kier alpha value is -1.69. The first-order chi connectivity index (χ1) is 10.1. The Labute approximate surface area is 132 Å². The summed E-state index contributed by atoms with van der Waals surface area (Å²) in [4.78, 5) is 35.1. The molecule has 0 aliphatic carbocycles. The predicted octanol–water partition coefficient (Wildman–Crippen LogP) is 1.30. The van der Waals surface area contributed by atoms with Crippen molar-refractivity contribution in [3.8, 4) is 0 Å². The second kappa shape index (κ2) is 8.68. The van der Waals surface area contributed by atoms with Crippen LogP contribution < -0.4 is 5.32 Å². The summed E-state index contributed by atoms with van der Waals surface area (Å²) in [6.45, 7) is 7.99. The van der Waals surface area contributed by atoms with E-state index in [1.165, 1.54) is 12.2 Å². The zero-order valence-corrected chi connectivity index (χ0v) is 14.4. The van der Waals surface area contributed by atoms with Crippen molar-refractivity contribution in [2.45, 2.75) is 51.7 Å². The molecule has 6 nitrogen and oxygen atoms in total. The molecule has 0 aliphatic rings. The van der Waals surface area contributed by atoms with E-state index in [0.29, 0.717) is 19.3 Å². The first-order valence-electron chi connectivity index (χ1n) is 7.30. The zero-order valence-electron chi connectivity index (χ0n) is 14.4. The Balaban J connectivity index is 4.48. The van der Waals surface area contributed by atoms with Crippen LogP contribution in [0.1, 0.15) is 40.5 Å². The number of rotatable bonds is 9. The van der Waals surface area contributed by atoms with Crippen LogP contribution in [0.4, 0.5) is 0 Å². The van der Waals surface area contributed by atoms with Gasteiger partial charge in [0.2, 0.25) is 11.8 Å². The quantitative estimate of drug-likeness (QED) is 0.514. The maximum Gasteiger partial charge on any atom is 0.246 e. The van der Waals surface area contributed by atoms with E-state index >= 15 is 0 Å². The molecule has 2 amide bonds. The van der Waals surface area contributed by atoms with Gasteiger partial charge in [-0.3, -0.25) is 14.4 Å². The van der Waals surface area contributed by atoms with Crippen molar-refractivity contribution < 1.29 is 19.1 Å². The van der Waals surface area contributed by atoms with Crippen molar-refractivity contribution in [1.29, 1.82) is 0 Å². The molecule has 0 saturated carbocycles. The Morgan fingerprint density at radius 3 is 2.32 bits per heavy atom. The first kappa shape index (κ1) is 20.3. The van der Waals surface area contributed by atoms with Crippen LogP contribution in [0.5, 0.6) is 0 Å². The lowest BCUT2D eigenvalue weighted by atomic mass is 9.98. The molecular formula is C16H28N2O4. The molecule has 0 saturated heterocycles. The van der Waals surface area contributed by atoms with Gasteiger partial charge in [-0.05, 0) is 40.2 Å². The van der Waals surface area contributed by atoms with Crippen molar-refractivity contribution in [3.05, 3.63) is 12.2 Å². The molecule has 0 fully saturated rings. The second-order valence-electron chi connectivity index (χ2n) is 6.41. The predicted molar refractivity (Wildman–Crippen MR) is 85.4 cm³/mol. The number of carbonyl (C=O) groups excluding carboxylic acids is 3. The highest BCUT2D eigenvalue weighted by Gasteiger charge is 2.28. The minimum absolute atomic E-state index is 0.0736. The van der Waals surface area contributed by atoms with Gasteiger partial charge in [-0.15, -0.1) is 0 Å². The standard InChI is InChI=1S/C16H28N2O4/c1-15(2,18(6)14(21)8-7-10-19)9-11-22-16(3,4)12-13(20)17-5/h7-8,10H,9,11-12H2,1-6H3,(H,17,20)/b8-7-. The number of amides is 2. The molecule has 0 unspecified atom stereocenters. The Kier molecular flexibility index (Phi) is 8.01. The fraction of sp³-hybridized carbons (Fsp3) is 0.688. The molecule has 0 bridgehead atoms. The maximum absolute atomic E-state index is 11.9. The Morgan fingerprint density at radius 2 is 1.82 bits per heavy atom. The molecule has 6 heteroatoms. The summed E-state index contributed by atoms with van der Waals surface area (Å²) in [6.07, 6.45) is 3.88. The minimum atomic E-state index is -0.559. The van der Waals surface area contributed by atoms with Gasteiger partial charge in [0.05, 0.1) is 12.0 Å². The lowest BCUT2D eigenvalue weighted by molar-refractivity contribution is -0.131. The highest BCUT2D eigenvalue weighted by Crippen LogP contribution is 2.21. The SMILES string of the molecule is CNC(=O)CC(C)(C)OCCC(C)(C)N(C)C(=O)/C=C\C=O. The van der Waals surface area contributed by atoms with Gasteiger partial charge in [-0.25, -0.2) is 0 Å². The second-order valence-corrected chi connectivity index (χ2v) is 6.41. The van der Waals surface area contributed by atoms with E-state index in [9.17, 15) is 14.4 Å². The normalized spacial score (nSPS) is 12.3. The van der Waals surface area contributed by atoms with Crippen LogP contribution in [0, 0.1) is 0 Å². The van der Waals surface area contributed by atoms with E-state index in [-0.39, 0.29) is 18.2 Å². The summed E-state index contributed by atoms with van der Waals surface area (Å²) in [5, 5.41) is 2.57. The first-order valence-corrected chi connectivity index (χ1v) is 7.30. The summed E-state index contributed by atoms with van der Waals surface area (Å²) in [5.41, 5.74) is -0.983. The van der Waals surface area contributed by atoms with E-state index < -0.39 is 11.1 Å². The van der Waals surface area contributed by atoms with E-state index in [4.69, 9.17) is 4.74 Å². The monoisotopic (exact) mass is 312 g/mol. The third-order valence-electron chi connectivity index (χ3n) is 3.63. The summed E-state index contributed by atoms with van der Waals surface area (Å²) < 4.78 is 5.78. The molecule has 0 aromatic carbocycles. The van der Waals surface area contributed by atoms with Crippen LogP contribution >= 0.6 is 0 Å². The number of hydrogen-bond acceptors (Lipinski definition) is 4. The summed E-state index contributed by atoms with van der Waals surface area (Å²) in [5.74, 6) is -0.308. The highest BCUT2D eigenvalue weighted by molar-refractivity contribution is 5.91. The van der Waals surface area contributed by atoms with E-state index in [1.54, 1.807) is 19.0 Å². The zero-order chi connectivity index (χ0) is 17.4. The van der Waals surface area contributed by atoms with Gasteiger partial charge < -0.3 is 15.0 Å². The van der Waals surface area contributed by atoms with Crippen molar-refractivity contribution in [1.82, 2.24) is 10.2 Å². The van der Waals surface area contributed by atoms with Crippen LogP contribution in [-0.4, -0.2) is 54.8 Å². The molecule has 0 heterocycles. The number of aldehydes is 1. The molecular weight excluding hydrogens is 284 g/mol. The van der Waals surface area contributed by atoms with Crippen LogP contribution in [0.25, 0.3) is 0 Å². The third-order valence-corrected chi connectivity index (χ3v) is 3.63. The van der Waals surface area contributed by atoms with E-state index in [1.807, 2.05) is 27.7 Å². The smallest absolute Gasteiger partial charge is 0.246 e. The third kappa shape index (κ3) is 7.36. The molecule has 1 N–H and O–H groups in total. The number of allylic oxidation sites excluding steroid dienone is 1. The van der Waals surface area contributed by atoms with Crippen molar-refractivity contribution in [2.75, 3.05) is 20.7 Å². The maximum atomic E-state index is 11.9. The Morgan fingerprint density at radius 1 is 1.23 bits per heavy atom. The largest absolute Gasteiger partial charge is 0.375 e. The number of hydrogen-bond donors (Lipinski definition) is 1. The lowest BCUT2D eigenvalue weighted by Crippen LogP contribution is -2.45. The van der Waals surface area contributed by atoms with Crippen LogP contribution in [0.3, 0.4) is 0 Å². The minimum Gasteiger partial charge on any atom is -0.375 e. The van der Waals surface area contributed by atoms with Crippen LogP contribution in [-0.2, 0) is 19.1 Å². The van der Waals surface area contributed by atoms with Crippen molar-refractivity contribution in [3.63, 3.8) is 0 Å². The van der Waals surface area contributed by atoms with Gasteiger partial charge in [0.15, 0.2) is 0 Å². The average molecular weight is 312 g/mol. The van der Waals surface area contributed by atoms with Gasteiger partial charge in [0, 0.05) is 32.3 Å². The van der Waals surface area contributed by atoms with Crippen LogP contribution in [0.15, 0.2) is 12.2 Å². The highest BCUT2D eigenvalue weighted by atomic mass is 16.5. The fourth-order valence-electron chi connectivity index (χ4n) is 1.80. The molecule has 0 aromatic heterocycles. The van der Waals surface area contributed by atoms with Crippen molar-refractivity contribution in [2.24, 2.45) is 0 Å². The van der Waals surface area contributed by atoms with Gasteiger partial charge in [0.1, 0.15) is 6.29 Å². The van der Waals surface area contributed by atoms with Gasteiger partial charge in [0.25, 0.3) is 0 Å². The van der Waals surface area contributed by atoms with E-state index in [2.05, 4.69) is 5.32 Å². The summed E-state index contributed by atoms with van der Waals surface area (Å²) in [6, 6.07) is 0. The number of carbonyl (C=O) groups is 3. The van der Waals surface area contributed by atoms with Gasteiger partial charge in [-0.1, -0.05) is 0 Å². The average Bonchev–Trinajstić information content (AvgIpc) is 2.42. The molecule has 0 atom stereocenters. The molecule has 0 radical (unpaired) electrons. The van der Waals surface area contributed by atoms with Crippen LogP contribution in [0.2, 0.25) is 0 Å². The van der Waals surface area contributed by atoms with Gasteiger partial charge >= 0.3 is 0 Å². The number of nitrogens with one attached hydrogen (secondary N) is 1. The molecule has 0 rings (SSSR count). The summed E-state index contributed by atoms with van der Waals surface area (Å²) in [7, 11) is 3.28. The molecule has 0 aliphatic heterocycles. The number of nitrogens with zero attached hydrogens (tertiary/aromatic N) is 1. The number of likely N-dealkylation sites (N-methyl/N-ethyl adjacent to an activating group) is 1. The van der Waals surface area contributed by atoms with Gasteiger partial charge in [-0.2, -0.15) is 0 Å². The topological polar surface area (TPSA) is 75.7 Å². The molecule has 126 valence electrons. The van der Waals surface area contributed by atoms with Crippen molar-refractivity contribution >= 4 is 18.1 Å². The van der Waals surface area contributed by atoms with E-state index in [0.717, 1.165) is 0 Å². The number of ether oxygens (including phenoxy) is 1. The fourth-order valence-corrected chi connectivity index (χ4v) is 1.80. The Bertz CT molecular complexity index is 428. The molecule has 22 heavy (non-hydrogen) atoms. The molecule has 0 aromatic rings.